The van der Waals surface area contributed by atoms with E-state index in [1.54, 1.807) is 6.07 Å². The smallest absolute Gasteiger partial charge is 0.404 e. The fraction of sp³-hybridized carbons (Fsp3) is 0.429. The first-order chi connectivity index (χ1) is 13.0. The van der Waals surface area contributed by atoms with Crippen molar-refractivity contribution in [3.05, 3.63) is 63.7 Å². The summed E-state index contributed by atoms with van der Waals surface area (Å²) in [5, 5.41) is -0.0715. The molecular formula is C21H23ClF3NO2. The first-order valence-corrected chi connectivity index (χ1v) is 9.35. The Morgan fingerprint density at radius 2 is 1.82 bits per heavy atom. The predicted octanol–water partition coefficient (Wildman–Crippen LogP) is 6.17. The summed E-state index contributed by atoms with van der Waals surface area (Å²) >= 11 is 6.01. The van der Waals surface area contributed by atoms with Crippen molar-refractivity contribution in [3.8, 4) is 5.75 Å². The standard InChI is InChI=1S/C21H23ClF3NO2/c1-13-6-5-7-14(2)18(13)19-26(12-20(3,4)28-19)11-15-8-9-17(16(22)10-15)27-21(23,24)25/h5-10,19H,11-12H2,1-4H3. The van der Waals surface area contributed by atoms with Gasteiger partial charge >= 0.3 is 6.36 Å². The third-order valence-corrected chi connectivity index (χ3v) is 5.04. The van der Waals surface area contributed by atoms with Gasteiger partial charge in [0.2, 0.25) is 0 Å². The minimum atomic E-state index is -4.77. The predicted molar refractivity (Wildman–Crippen MR) is 102 cm³/mol. The Balaban J connectivity index is 1.86. The Bertz CT molecular complexity index is 847. The van der Waals surface area contributed by atoms with Crippen molar-refractivity contribution < 1.29 is 22.6 Å². The summed E-state index contributed by atoms with van der Waals surface area (Å²) < 4.78 is 47.6. The van der Waals surface area contributed by atoms with Gasteiger partial charge in [-0.15, -0.1) is 13.2 Å². The van der Waals surface area contributed by atoms with E-state index >= 15 is 0 Å². The molecule has 1 saturated heterocycles. The quantitative estimate of drug-likeness (QED) is 0.598. The van der Waals surface area contributed by atoms with E-state index in [0.29, 0.717) is 13.1 Å². The molecule has 0 aliphatic carbocycles. The second kappa shape index (κ2) is 7.58. The molecule has 0 aromatic heterocycles. The molecule has 3 nitrogen and oxygen atoms in total. The lowest BCUT2D eigenvalue weighted by Crippen LogP contribution is -2.28. The van der Waals surface area contributed by atoms with E-state index in [2.05, 4.69) is 35.6 Å². The first-order valence-electron chi connectivity index (χ1n) is 8.97. The van der Waals surface area contributed by atoms with Crippen molar-refractivity contribution in [1.29, 1.82) is 0 Å². The van der Waals surface area contributed by atoms with Crippen LogP contribution in [0, 0.1) is 13.8 Å². The zero-order valence-electron chi connectivity index (χ0n) is 16.2. The Hall–Kier alpha value is -1.76. The Labute approximate surface area is 168 Å². The van der Waals surface area contributed by atoms with Crippen LogP contribution in [0.3, 0.4) is 0 Å². The average molecular weight is 414 g/mol. The molecule has 1 unspecified atom stereocenters. The zero-order chi connectivity index (χ0) is 20.7. The third kappa shape index (κ3) is 4.80. The van der Waals surface area contributed by atoms with Gasteiger partial charge in [-0.2, -0.15) is 0 Å². The van der Waals surface area contributed by atoms with Crippen LogP contribution in [-0.2, 0) is 11.3 Å². The van der Waals surface area contributed by atoms with E-state index in [1.165, 1.54) is 12.1 Å². The van der Waals surface area contributed by atoms with E-state index < -0.39 is 12.1 Å². The van der Waals surface area contributed by atoms with Crippen LogP contribution in [0.2, 0.25) is 5.02 Å². The summed E-state index contributed by atoms with van der Waals surface area (Å²) in [7, 11) is 0. The maximum absolute atomic E-state index is 12.4. The Morgan fingerprint density at radius 1 is 1.18 bits per heavy atom. The molecule has 0 bridgehead atoms. The molecule has 1 aliphatic heterocycles. The fourth-order valence-corrected chi connectivity index (χ4v) is 3.91. The first kappa shape index (κ1) is 21.0. The number of ether oxygens (including phenoxy) is 2. The molecule has 3 rings (SSSR count). The topological polar surface area (TPSA) is 21.7 Å². The molecule has 2 aromatic carbocycles. The van der Waals surface area contributed by atoms with E-state index in [1.807, 2.05) is 19.9 Å². The molecule has 0 N–H and O–H groups in total. The highest BCUT2D eigenvalue weighted by Crippen LogP contribution is 2.40. The largest absolute Gasteiger partial charge is 0.573 e. The van der Waals surface area contributed by atoms with Gasteiger partial charge in [0, 0.05) is 18.7 Å². The van der Waals surface area contributed by atoms with Crippen molar-refractivity contribution in [1.82, 2.24) is 4.90 Å². The highest BCUT2D eigenvalue weighted by molar-refractivity contribution is 6.32. The lowest BCUT2D eigenvalue weighted by Gasteiger charge is -2.26. The molecule has 1 atom stereocenters. The molecule has 1 aliphatic rings. The number of halogens is 4. The van der Waals surface area contributed by atoms with Gasteiger partial charge in [0.25, 0.3) is 0 Å². The maximum Gasteiger partial charge on any atom is 0.573 e. The highest BCUT2D eigenvalue weighted by Gasteiger charge is 2.40. The number of benzene rings is 2. The summed E-state index contributed by atoms with van der Waals surface area (Å²) in [6.45, 7) is 9.34. The average Bonchev–Trinajstić information content (AvgIpc) is 2.83. The Kier molecular flexibility index (Phi) is 5.67. The number of aryl methyl sites for hydroxylation is 2. The molecule has 152 valence electrons. The zero-order valence-corrected chi connectivity index (χ0v) is 17.0. The third-order valence-electron chi connectivity index (χ3n) is 4.74. The van der Waals surface area contributed by atoms with Crippen LogP contribution in [0.4, 0.5) is 13.2 Å². The molecule has 0 radical (unpaired) electrons. The van der Waals surface area contributed by atoms with Crippen LogP contribution in [0.15, 0.2) is 36.4 Å². The van der Waals surface area contributed by atoms with Crippen molar-refractivity contribution in [2.75, 3.05) is 6.54 Å². The van der Waals surface area contributed by atoms with Crippen LogP contribution in [-0.4, -0.2) is 23.4 Å². The minimum absolute atomic E-state index is 0.0715. The van der Waals surface area contributed by atoms with Crippen LogP contribution in [0.5, 0.6) is 5.75 Å². The van der Waals surface area contributed by atoms with E-state index in [-0.39, 0.29) is 16.9 Å². The lowest BCUT2D eigenvalue weighted by atomic mass is 10.0. The SMILES string of the molecule is Cc1cccc(C)c1C1OC(C)(C)CN1Cc1ccc(OC(F)(F)F)c(Cl)c1. The monoisotopic (exact) mass is 413 g/mol. The lowest BCUT2D eigenvalue weighted by molar-refractivity contribution is -0.274. The molecule has 7 heteroatoms. The Morgan fingerprint density at radius 3 is 2.39 bits per heavy atom. The van der Waals surface area contributed by atoms with Crippen molar-refractivity contribution in [2.45, 2.75) is 52.4 Å². The van der Waals surface area contributed by atoms with E-state index in [0.717, 1.165) is 22.3 Å². The van der Waals surface area contributed by atoms with Gasteiger partial charge in [-0.3, -0.25) is 4.90 Å². The second-order valence-electron chi connectivity index (χ2n) is 7.75. The van der Waals surface area contributed by atoms with Gasteiger partial charge in [-0.05, 0) is 56.5 Å². The van der Waals surface area contributed by atoms with E-state index in [4.69, 9.17) is 16.3 Å². The molecule has 0 spiro atoms. The van der Waals surface area contributed by atoms with Gasteiger partial charge in [-0.1, -0.05) is 35.9 Å². The molecule has 1 fully saturated rings. The minimum Gasteiger partial charge on any atom is -0.404 e. The van der Waals surface area contributed by atoms with Gasteiger partial charge in [-0.25, -0.2) is 0 Å². The van der Waals surface area contributed by atoms with Crippen LogP contribution < -0.4 is 4.74 Å². The number of alkyl halides is 3. The summed E-state index contributed by atoms with van der Waals surface area (Å²) in [6.07, 6.45) is -5.01. The molecule has 28 heavy (non-hydrogen) atoms. The molecular weight excluding hydrogens is 391 g/mol. The number of nitrogens with zero attached hydrogens (tertiary/aromatic N) is 1. The summed E-state index contributed by atoms with van der Waals surface area (Å²) in [6, 6.07) is 10.5. The molecule has 0 amide bonds. The maximum atomic E-state index is 12.4. The van der Waals surface area contributed by atoms with Gasteiger partial charge in [0.05, 0.1) is 10.6 Å². The van der Waals surface area contributed by atoms with Gasteiger partial charge in [0.1, 0.15) is 12.0 Å². The van der Waals surface area contributed by atoms with Crippen LogP contribution >= 0.6 is 11.6 Å². The van der Waals surface area contributed by atoms with Crippen molar-refractivity contribution >= 4 is 11.6 Å². The van der Waals surface area contributed by atoms with Gasteiger partial charge < -0.3 is 9.47 Å². The normalized spacial score (nSPS) is 19.8. The number of hydrogen-bond acceptors (Lipinski definition) is 3. The summed E-state index contributed by atoms with van der Waals surface area (Å²) in [5.74, 6) is -0.401. The number of hydrogen-bond donors (Lipinski definition) is 0. The van der Waals surface area contributed by atoms with Gasteiger partial charge in [0.15, 0.2) is 0 Å². The van der Waals surface area contributed by atoms with Crippen molar-refractivity contribution in [2.24, 2.45) is 0 Å². The summed E-state index contributed by atoms with van der Waals surface area (Å²) in [5.41, 5.74) is 3.84. The van der Waals surface area contributed by atoms with Crippen LogP contribution in [0.1, 0.15) is 42.3 Å². The fourth-order valence-electron chi connectivity index (χ4n) is 3.67. The van der Waals surface area contributed by atoms with E-state index in [9.17, 15) is 13.2 Å². The molecule has 2 aromatic rings. The number of rotatable bonds is 4. The highest BCUT2D eigenvalue weighted by atomic mass is 35.5. The van der Waals surface area contributed by atoms with Crippen molar-refractivity contribution in [3.63, 3.8) is 0 Å². The molecule has 0 saturated carbocycles. The summed E-state index contributed by atoms with van der Waals surface area (Å²) in [4.78, 5) is 2.17. The second-order valence-corrected chi connectivity index (χ2v) is 8.16. The molecule has 1 heterocycles. The van der Waals surface area contributed by atoms with Crippen LogP contribution in [0.25, 0.3) is 0 Å².